The normalized spacial score (nSPS) is 19.5. The fraction of sp³-hybridized carbons (Fsp3) is 0.933. The van der Waals surface area contributed by atoms with E-state index in [-0.39, 0.29) is 0 Å². The van der Waals surface area contributed by atoms with Gasteiger partial charge in [-0.1, -0.05) is 19.8 Å². The summed E-state index contributed by atoms with van der Waals surface area (Å²) >= 11 is 0. The number of unbranched alkanes of at least 4 members (excludes halogenated alkanes) is 1. The van der Waals surface area contributed by atoms with Crippen LogP contribution in [0.15, 0.2) is 0 Å². The van der Waals surface area contributed by atoms with E-state index >= 15 is 0 Å². The molecule has 1 aliphatic carbocycles. The van der Waals surface area contributed by atoms with Crippen molar-refractivity contribution in [3.05, 3.63) is 0 Å². The van der Waals surface area contributed by atoms with E-state index in [0.717, 1.165) is 32.4 Å². The van der Waals surface area contributed by atoms with Crippen molar-refractivity contribution in [2.45, 2.75) is 76.9 Å². The van der Waals surface area contributed by atoms with Crippen molar-refractivity contribution >= 4 is 5.97 Å². The average molecular weight is 271 g/mol. The molecule has 0 heterocycles. The largest absolute Gasteiger partial charge is 0.480 e. The van der Waals surface area contributed by atoms with Crippen LogP contribution in [-0.2, 0) is 9.53 Å². The molecule has 1 fully saturated rings. The first-order valence-corrected chi connectivity index (χ1v) is 7.68. The maximum Gasteiger partial charge on any atom is 0.323 e. The molecule has 0 aromatic heterocycles. The second kappa shape index (κ2) is 8.54. The monoisotopic (exact) mass is 271 g/mol. The molecule has 0 spiro atoms. The lowest BCUT2D eigenvalue weighted by Crippen LogP contribution is -2.49. The maximum absolute atomic E-state index is 11.3. The summed E-state index contributed by atoms with van der Waals surface area (Å²) in [7, 11) is 0. The Morgan fingerprint density at radius 1 is 1.37 bits per heavy atom. The van der Waals surface area contributed by atoms with Crippen molar-refractivity contribution in [3.8, 4) is 0 Å². The molecule has 0 aliphatic heterocycles. The van der Waals surface area contributed by atoms with Gasteiger partial charge in [-0.25, -0.2) is 0 Å². The van der Waals surface area contributed by atoms with Crippen LogP contribution in [0.1, 0.15) is 65.2 Å². The zero-order valence-corrected chi connectivity index (χ0v) is 12.4. The molecule has 4 heteroatoms. The molecule has 1 atom stereocenters. The van der Waals surface area contributed by atoms with Gasteiger partial charge in [0.2, 0.25) is 0 Å². The van der Waals surface area contributed by atoms with Crippen molar-refractivity contribution in [2.75, 3.05) is 13.2 Å². The average Bonchev–Trinajstić information content (AvgIpc) is 2.89. The molecular weight excluding hydrogens is 242 g/mol. The minimum absolute atomic E-state index is 0.462. The molecule has 2 N–H and O–H groups in total. The summed E-state index contributed by atoms with van der Waals surface area (Å²) in [5, 5.41) is 12.4. The summed E-state index contributed by atoms with van der Waals surface area (Å²) in [5.74, 6) is -0.752. The fourth-order valence-corrected chi connectivity index (χ4v) is 2.56. The molecular formula is C15H29NO3. The molecule has 0 amide bonds. The van der Waals surface area contributed by atoms with E-state index in [1.54, 1.807) is 6.92 Å². The smallest absolute Gasteiger partial charge is 0.323 e. The van der Waals surface area contributed by atoms with E-state index in [9.17, 15) is 9.90 Å². The van der Waals surface area contributed by atoms with E-state index in [0.29, 0.717) is 12.5 Å². The van der Waals surface area contributed by atoms with E-state index in [2.05, 4.69) is 5.32 Å². The molecule has 1 aliphatic rings. The van der Waals surface area contributed by atoms with Crippen LogP contribution in [0.3, 0.4) is 0 Å². The van der Waals surface area contributed by atoms with Gasteiger partial charge in [0.25, 0.3) is 0 Å². The number of carboxylic acids is 1. The standard InChI is InChI=1S/C15H29NO3/c1-3-11-16-15(2,14(17)18)10-6-7-12-19-13-8-4-5-9-13/h13,16H,3-12H2,1-2H3,(H,17,18). The molecule has 1 saturated carbocycles. The zero-order valence-electron chi connectivity index (χ0n) is 12.4. The molecule has 0 aromatic rings. The van der Waals surface area contributed by atoms with Gasteiger partial charge in [-0.3, -0.25) is 4.79 Å². The minimum atomic E-state index is -0.788. The van der Waals surface area contributed by atoms with Gasteiger partial charge in [-0.15, -0.1) is 0 Å². The first-order chi connectivity index (χ1) is 9.08. The van der Waals surface area contributed by atoms with Gasteiger partial charge in [-0.2, -0.15) is 0 Å². The molecule has 0 saturated heterocycles. The van der Waals surface area contributed by atoms with Crippen LogP contribution >= 0.6 is 0 Å². The Hall–Kier alpha value is -0.610. The van der Waals surface area contributed by atoms with E-state index in [1.807, 2.05) is 6.92 Å². The van der Waals surface area contributed by atoms with Crippen molar-refractivity contribution in [2.24, 2.45) is 0 Å². The number of ether oxygens (including phenoxy) is 1. The molecule has 1 rings (SSSR count). The van der Waals surface area contributed by atoms with E-state index < -0.39 is 11.5 Å². The minimum Gasteiger partial charge on any atom is -0.480 e. The Morgan fingerprint density at radius 3 is 2.63 bits per heavy atom. The third-order valence-corrected chi connectivity index (χ3v) is 3.96. The lowest BCUT2D eigenvalue weighted by molar-refractivity contribution is -0.144. The van der Waals surface area contributed by atoms with Crippen molar-refractivity contribution < 1.29 is 14.6 Å². The maximum atomic E-state index is 11.3. The quantitative estimate of drug-likeness (QED) is 0.600. The third-order valence-electron chi connectivity index (χ3n) is 3.96. The summed E-state index contributed by atoms with van der Waals surface area (Å²) in [4.78, 5) is 11.3. The number of carbonyl (C=O) groups is 1. The van der Waals surface area contributed by atoms with Crippen molar-refractivity contribution in [1.29, 1.82) is 0 Å². The first-order valence-electron chi connectivity index (χ1n) is 7.68. The number of aliphatic carboxylic acids is 1. The Bertz CT molecular complexity index is 264. The summed E-state index contributed by atoms with van der Waals surface area (Å²) in [6, 6.07) is 0. The summed E-state index contributed by atoms with van der Waals surface area (Å²) in [5.41, 5.74) is -0.788. The lowest BCUT2D eigenvalue weighted by atomic mass is 9.95. The van der Waals surface area contributed by atoms with Gasteiger partial charge in [0.1, 0.15) is 5.54 Å². The predicted molar refractivity (Wildman–Crippen MR) is 76.4 cm³/mol. The zero-order chi connectivity index (χ0) is 14.1. The van der Waals surface area contributed by atoms with Gasteiger partial charge in [0.05, 0.1) is 6.10 Å². The van der Waals surface area contributed by atoms with Crippen molar-refractivity contribution in [3.63, 3.8) is 0 Å². The Kier molecular flexibility index (Phi) is 7.39. The van der Waals surface area contributed by atoms with Gasteiger partial charge >= 0.3 is 5.97 Å². The van der Waals surface area contributed by atoms with E-state index in [4.69, 9.17) is 4.74 Å². The second-order valence-electron chi connectivity index (χ2n) is 5.80. The Balaban J connectivity index is 2.15. The van der Waals surface area contributed by atoms with Gasteiger partial charge in [-0.05, 0) is 52.0 Å². The molecule has 112 valence electrons. The number of carboxylic acid groups (broad SMARTS) is 1. The second-order valence-corrected chi connectivity index (χ2v) is 5.80. The number of rotatable bonds is 10. The van der Waals surface area contributed by atoms with Crippen LogP contribution in [0.25, 0.3) is 0 Å². The molecule has 1 unspecified atom stereocenters. The van der Waals surface area contributed by atoms with Crippen molar-refractivity contribution in [1.82, 2.24) is 5.32 Å². The molecule has 0 radical (unpaired) electrons. The summed E-state index contributed by atoms with van der Waals surface area (Å²) in [6.07, 6.45) is 8.91. The van der Waals surface area contributed by atoms with Gasteiger partial charge in [0.15, 0.2) is 0 Å². The highest BCUT2D eigenvalue weighted by atomic mass is 16.5. The molecule has 4 nitrogen and oxygen atoms in total. The van der Waals surface area contributed by atoms with E-state index in [1.165, 1.54) is 25.7 Å². The van der Waals surface area contributed by atoms with Gasteiger partial charge in [0, 0.05) is 6.61 Å². The SMILES string of the molecule is CCCNC(C)(CCCCOC1CCCC1)C(=O)O. The highest BCUT2D eigenvalue weighted by Gasteiger charge is 2.31. The molecule has 0 bridgehead atoms. The Morgan fingerprint density at radius 2 is 2.05 bits per heavy atom. The van der Waals surface area contributed by atoms with Crippen LogP contribution in [0.2, 0.25) is 0 Å². The predicted octanol–water partition coefficient (Wildman–Crippen LogP) is 2.96. The van der Waals surface area contributed by atoms with Crippen LogP contribution in [0.4, 0.5) is 0 Å². The van der Waals surface area contributed by atoms with Crippen LogP contribution in [-0.4, -0.2) is 35.9 Å². The molecule has 0 aromatic carbocycles. The highest BCUT2D eigenvalue weighted by Crippen LogP contribution is 2.21. The topological polar surface area (TPSA) is 58.6 Å². The first kappa shape index (κ1) is 16.4. The Labute approximate surface area is 116 Å². The number of nitrogens with one attached hydrogen (secondary N) is 1. The highest BCUT2D eigenvalue weighted by molar-refractivity contribution is 5.78. The molecule has 19 heavy (non-hydrogen) atoms. The summed E-state index contributed by atoms with van der Waals surface area (Å²) in [6.45, 7) is 5.35. The summed E-state index contributed by atoms with van der Waals surface area (Å²) < 4.78 is 5.79. The fourth-order valence-electron chi connectivity index (χ4n) is 2.56. The third kappa shape index (κ3) is 5.91. The van der Waals surface area contributed by atoms with Crippen LogP contribution < -0.4 is 5.32 Å². The lowest BCUT2D eigenvalue weighted by Gasteiger charge is -2.26. The van der Waals surface area contributed by atoms with Crippen LogP contribution in [0, 0.1) is 0 Å². The number of hydrogen-bond donors (Lipinski definition) is 2. The van der Waals surface area contributed by atoms with Gasteiger partial charge < -0.3 is 15.2 Å². The van der Waals surface area contributed by atoms with Crippen LogP contribution in [0.5, 0.6) is 0 Å². The number of hydrogen-bond acceptors (Lipinski definition) is 3.